The lowest BCUT2D eigenvalue weighted by Gasteiger charge is -2.28. The van der Waals surface area contributed by atoms with Gasteiger partial charge in [0.05, 0.1) is 75.1 Å². The second kappa shape index (κ2) is 28.3. The maximum atomic E-state index is 13.4. The van der Waals surface area contributed by atoms with Crippen LogP contribution in [-0.4, -0.2) is 146 Å². The Kier molecular flexibility index (Phi) is 26.4. The number of carbonyl (C=O) groups is 6. The topological polar surface area (TPSA) is 279 Å². The van der Waals surface area contributed by atoms with Crippen molar-refractivity contribution >= 4 is 35.8 Å². The Hall–Kier alpha value is -3.42. The molecular formula is C32H54O18. The third-order valence-corrected chi connectivity index (χ3v) is 7.49. The van der Waals surface area contributed by atoms with Gasteiger partial charge in [0, 0.05) is 0 Å². The molecule has 50 heavy (non-hydrogen) atoms. The molecule has 0 amide bonds. The van der Waals surface area contributed by atoms with Crippen LogP contribution in [0, 0.1) is 35.5 Å². The van der Waals surface area contributed by atoms with E-state index in [9.17, 15) is 49.2 Å². The van der Waals surface area contributed by atoms with E-state index in [1.807, 2.05) is 0 Å². The normalized spacial score (nSPS) is 14.6. The van der Waals surface area contributed by atoms with E-state index >= 15 is 0 Å². The molecule has 0 fully saturated rings. The van der Waals surface area contributed by atoms with Crippen molar-refractivity contribution in [1.82, 2.24) is 0 Å². The van der Waals surface area contributed by atoms with Gasteiger partial charge in [-0.05, 0) is 38.5 Å². The van der Waals surface area contributed by atoms with Gasteiger partial charge in [-0.25, -0.2) is 0 Å². The fraction of sp³-hybridized carbons (Fsp3) is 0.812. The number of hydrogen-bond acceptors (Lipinski definition) is 18. The van der Waals surface area contributed by atoms with Crippen LogP contribution in [0.3, 0.4) is 0 Å². The molecule has 0 aliphatic heterocycles. The zero-order valence-corrected chi connectivity index (χ0v) is 28.8. The first-order valence-corrected chi connectivity index (χ1v) is 16.6. The molecule has 0 aromatic heterocycles. The Morgan fingerprint density at radius 3 is 0.860 bits per heavy atom. The number of hydrogen-bond donors (Lipinski definition) is 6. The predicted octanol–water partition coefficient (Wildman–Crippen LogP) is -1.72. The van der Waals surface area contributed by atoms with Crippen molar-refractivity contribution in [3.05, 3.63) is 0 Å². The first-order chi connectivity index (χ1) is 23.9. The summed E-state index contributed by atoms with van der Waals surface area (Å²) in [6, 6.07) is 0. The van der Waals surface area contributed by atoms with Crippen LogP contribution in [0.25, 0.3) is 0 Å². The summed E-state index contributed by atoms with van der Waals surface area (Å²) in [5, 5.41) is 55.0. The van der Waals surface area contributed by atoms with Crippen LogP contribution < -0.4 is 0 Å². The molecule has 290 valence electrons. The zero-order chi connectivity index (χ0) is 37.9. The standard InChI is InChI=1S/C32H54O18/c1-3-22(28(40)46-11-5-34)17-24(30(42)48-13-7-36)19-26(32(44)50-15-9-38)20-25(31(43)49-14-8-37)18-23(29(41)47-12-6-35)16-21(2)27(39)45-10-4-33/h21-26,33-38H,3-20H2,1-2H3. The van der Waals surface area contributed by atoms with Crippen LogP contribution >= 0.6 is 0 Å². The Bertz CT molecular complexity index is 1000. The van der Waals surface area contributed by atoms with Crippen molar-refractivity contribution in [3.63, 3.8) is 0 Å². The summed E-state index contributed by atoms with van der Waals surface area (Å²) < 4.78 is 30.5. The van der Waals surface area contributed by atoms with Gasteiger partial charge in [0.2, 0.25) is 0 Å². The highest BCUT2D eigenvalue weighted by Gasteiger charge is 2.39. The highest BCUT2D eigenvalue weighted by Crippen LogP contribution is 2.33. The minimum absolute atomic E-state index is 0.195. The summed E-state index contributed by atoms with van der Waals surface area (Å²) in [5.41, 5.74) is 0. The zero-order valence-electron chi connectivity index (χ0n) is 28.8. The van der Waals surface area contributed by atoms with Crippen molar-refractivity contribution in [2.75, 3.05) is 79.3 Å². The number of ether oxygens (including phenoxy) is 6. The second-order valence-electron chi connectivity index (χ2n) is 11.3. The number of aliphatic hydroxyl groups is 6. The van der Waals surface area contributed by atoms with E-state index in [4.69, 9.17) is 38.6 Å². The molecule has 0 bridgehead atoms. The minimum Gasteiger partial charge on any atom is -0.463 e. The summed E-state index contributed by atoms with van der Waals surface area (Å²) in [5.74, 6) is -12.0. The largest absolute Gasteiger partial charge is 0.463 e. The van der Waals surface area contributed by atoms with Crippen molar-refractivity contribution in [1.29, 1.82) is 0 Å². The molecule has 0 aromatic carbocycles. The quantitative estimate of drug-likeness (QED) is 0.0369. The van der Waals surface area contributed by atoms with Crippen LogP contribution in [0.2, 0.25) is 0 Å². The van der Waals surface area contributed by atoms with Crippen molar-refractivity contribution < 1.29 is 87.8 Å². The first kappa shape index (κ1) is 46.6. The molecule has 6 unspecified atom stereocenters. The van der Waals surface area contributed by atoms with E-state index in [0.29, 0.717) is 0 Å². The molecule has 6 N–H and O–H groups in total. The van der Waals surface area contributed by atoms with Gasteiger partial charge in [0.15, 0.2) is 0 Å². The molecule has 0 radical (unpaired) electrons. The number of rotatable bonds is 29. The fourth-order valence-corrected chi connectivity index (χ4v) is 5.09. The summed E-state index contributed by atoms with van der Waals surface area (Å²) in [6.45, 7) is -2.19. The molecule has 6 atom stereocenters. The van der Waals surface area contributed by atoms with Crippen molar-refractivity contribution in [3.8, 4) is 0 Å². The minimum atomic E-state index is -1.31. The Morgan fingerprint density at radius 1 is 0.380 bits per heavy atom. The maximum absolute atomic E-state index is 13.4. The molecule has 18 heteroatoms. The van der Waals surface area contributed by atoms with E-state index in [0.717, 1.165) is 0 Å². The van der Waals surface area contributed by atoms with Gasteiger partial charge in [-0.1, -0.05) is 13.8 Å². The number of esters is 6. The van der Waals surface area contributed by atoms with E-state index in [2.05, 4.69) is 0 Å². The average molecular weight is 727 g/mol. The van der Waals surface area contributed by atoms with E-state index in [1.54, 1.807) is 6.92 Å². The third-order valence-electron chi connectivity index (χ3n) is 7.49. The summed E-state index contributed by atoms with van der Waals surface area (Å²) in [6.07, 6.45) is -1.39. The molecule has 0 spiro atoms. The van der Waals surface area contributed by atoms with Gasteiger partial charge in [-0.3, -0.25) is 28.8 Å². The van der Waals surface area contributed by atoms with Gasteiger partial charge in [0.1, 0.15) is 39.6 Å². The molecular weight excluding hydrogens is 672 g/mol. The highest BCUT2D eigenvalue weighted by atomic mass is 16.6. The Labute approximate surface area is 290 Å². The predicted molar refractivity (Wildman–Crippen MR) is 168 cm³/mol. The summed E-state index contributed by atoms with van der Waals surface area (Å²) in [7, 11) is 0. The maximum Gasteiger partial charge on any atom is 0.309 e. The van der Waals surface area contributed by atoms with Crippen LogP contribution in [0.4, 0.5) is 0 Å². The van der Waals surface area contributed by atoms with E-state index in [-0.39, 0.29) is 45.3 Å². The molecule has 0 heterocycles. The summed E-state index contributed by atoms with van der Waals surface area (Å²) in [4.78, 5) is 78.1. The molecule has 0 saturated carbocycles. The van der Waals surface area contributed by atoms with Crippen LogP contribution in [0.1, 0.15) is 52.4 Å². The van der Waals surface area contributed by atoms with Gasteiger partial charge in [-0.2, -0.15) is 0 Å². The Morgan fingerprint density at radius 2 is 0.600 bits per heavy atom. The van der Waals surface area contributed by atoms with Crippen molar-refractivity contribution in [2.45, 2.75) is 52.4 Å². The molecule has 0 rings (SSSR count). The second-order valence-corrected chi connectivity index (χ2v) is 11.3. The highest BCUT2D eigenvalue weighted by molar-refractivity contribution is 5.80. The van der Waals surface area contributed by atoms with Crippen LogP contribution in [-0.2, 0) is 57.2 Å². The van der Waals surface area contributed by atoms with Gasteiger partial charge in [-0.15, -0.1) is 0 Å². The molecule has 18 nitrogen and oxygen atoms in total. The SMILES string of the molecule is CCC(CC(CC(CC(CC(CC(C)C(=O)OCCO)C(=O)OCCO)C(=O)OCCO)C(=O)OCCO)C(=O)OCCO)C(=O)OCCO. The lowest BCUT2D eigenvalue weighted by atomic mass is 9.79. The van der Waals surface area contributed by atoms with E-state index < -0.39 is 144 Å². The van der Waals surface area contributed by atoms with Crippen LogP contribution in [0.15, 0.2) is 0 Å². The summed E-state index contributed by atoms with van der Waals surface area (Å²) >= 11 is 0. The van der Waals surface area contributed by atoms with Crippen LogP contribution in [0.5, 0.6) is 0 Å². The fourth-order valence-electron chi connectivity index (χ4n) is 5.09. The molecule has 0 saturated heterocycles. The third kappa shape index (κ3) is 19.1. The Balaban J connectivity index is 6.72. The van der Waals surface area contributed by atoms with Crippen molar-refractivity contribution in [2.24, 2.45) is 35.5 Å². The van der Waals surface area contributed by atoms with Gasteiger partial charge in [0.25, 0.3) is 0 Å². The smallest absolute Gasteiger partial charge is 0.309 e. The van der Waals surface area contributed by atoms with Gasteiger partial charge >= 0.3 is 35.8 Å². The lowest BCUT2D eigenvalue weighted by Crippen LogP contribution is -2.35. The molecule has 0 aliphatic carbocycles. The van der Waals surface area contributed by atoms with Gasteiger partial charge < -0.3 is 59.1 Å². The lowest BCUT2D eigenvalue weighted by molar-refractivity contribution is -0.157. The molecule has 0 aliphatic rings. The first-order valence-electron chi connectivity index (χ1n) is 16.6. The average Bonchev–Trinajstić information content (AvgIpc) is 3.11. The van der Waals surface area contributed by atoms with E-state index in [1.165, 1.54) is 6.92 Å². The number of aliphatic hydroxyl groups excluding tert-OH is 6. The molecule has 0 aromatic rings. The number of carbonyl (C=O) groups excluding carboxylic acids is 6. The monoisotopic (exact) mass is 726 g/mol.